The molecule has 1 saturated heterocycles. The van der Waals surface area contributed by atoms with Gasteiger partial charge < -0.3 is 11.1 Å². The summed E-state index contributed by atoms with van der Waals surface area (Å²) in [7, 11) is 0. The van der Waals surface area contributed by atoms with Crippen molar-refractivity contribution < 1.29 is 4.79 Å². The molecule has 3 N–H and O–H groups in total. The number of carbonyl (C=O) groups excluding carboxylic acids is 1. The third-order valence-corrected chi connectivity index (χ3v) is 3.89. The molecule has 0 spiro atoms. The van der Waals surface area contributed by atoms with Crippen LogP contribution in [0.4, 0.5) is 5.69 Å². The quantitative estimate of drug-likeness (QED) is 0.866. The topological polar surface area (TPSA) is 58.4 Å². The number of nitrogens with zero attached hydrogens (tertiary/aromatic N) is 1. The molecule has 1 aromatic carbocycles. The lowest BCUT2D eigenvalue weighted by molar-refractivity contribution is -0.116. The fourth-order valence-corrected chi connectivity index (χ4v) is 2.53. The SMILES string of the molecule is CC1CCN(Cc2ccc(NC(=O)CCN)cc2)CC1. The summed E-state index contributed by atoms with van der Waals surface area (Å²) < 4.78 is 0. The van der Waals surface area contributed by atoms with Crippen molar-refractivity contribution in [3.63, 3.8) is 0 Å². The van der Waals surface area contributed by atoms with Gasteiger partial charge >= 0.3 is 0 Å². The maximum Gasteiger partial charge on any atom is 0.225 e. The summed E-state index contributed by atoms with van der Waals surface area (Å²) >= 11 is 0. The molecule has 1 aromatic rings. The van der Waals surface area contributed by atoms with E-state index in [9.17, 15) is 4.79 Å². The highest BCUT2D eigenvalue weighted by Crippen LogP contribution is 2.19. The van der Waals surface area contributed by atoms with E-state index in [2.05, 4.69) is 29.3 Å². The number of hydrogen-bond donors (Lipinski definition) is 2. The number of nitrogens with two attached hydrogens (primary N) is 1. The van der Waals surface area contributed by atoms with E-state index in [1.807, 2.05) is 12.1 Å². The Morgan fingerprint density at radius 3 is 2.55 bits per heavy atom. The van der Waals surface area contributed by atoms with Crippen molar-refractivity contribution in [3.05, 3.63) is 29.8 Å². The molecule has 1 amide bonds. The minimum Gasteiger partial charge on any atom is -0.330 e. The Morgan fingerprint density at radius 2 is 1.95 bits per heavy atom. The lowest BCUT2D eigenvalue weighted by Gasteiger charge is -2.30. The second-order valence-corrected chi connectivity index (χ2v) is 5.74. The Labute approximate surface area is 121 Å². The number of rotatable bonds is 5. The molecule has 1 heterocycles. The highest BCUT2D eigenvalue weighted by Gasteiger charge is 2.15. The predicted octanol–water partition coefficient (Wildman–Crippen LogP) is 2.21. The fraction of sp³-hybridized carbons (Fsp3) is 0.562. The van der Waals surface area contributed by atoms with Crippen LogP contribution < -0.4 is 11.1 Å². The van der Waals surface area contributed by atoms with Crippen molar-refractivity contribution in [3.8, 4) is 0 Å². The van der Waals surface area contributed by atoms with Gasteiger partial charge in [0.1, 0.15) is 0 Å². The minimum atomic E-state index is -0.0229. The van der Waals surface area contributed by atoms with Gasteiger partial charge in [-0.05, 0) is 49.5 Å². The number of piperidine rings is 1. The Kier molecular flexibility index (Phi) is 5.56. The lowest BCUT2D eigenvalue weighted by atomic mass is 9.99. The van der Waals surface area contributed by atoms with Crippen molar-refractivity contribution in [2.45, 2.75) is 32.7 Å². The van der Waals surface area contributed by atoms with Gasteiger partial charge in [-0.1, -0.05) is 19.1 Å². The van der Waals surface area contributed by atoms with E-state index in [4.69, 9.17) is 5.73 Å². The van der Waals surface area contributed by atoms with Crippen molar-refractivity contribution in [2.75, 3.05) is 25.0 Å². The van der Waals surface area contributed by atoms with E-state index in [1.165, 1.54) is 31.5 Å². The van der Waals surface area contributed by atoms with E-state index >= 15 is 0 Å². The van der Waals surface area contributed by atoms with Gasteiger partial charge in [-0.2, -0.15) is 0 Å². The van der Waals surface area contributed by atoms with Gasteiger partial charge in [0.2, 0.25) is 5.91 Å². The maximum atomic E-state index is 11.4. The summed E-state index contributed by atoms with van der Waals surface area (Å²) in [4.78, 5) is 13.9. The van der Waals surface area contributed by atoms with Gasteiger partial charge in [-0.25, -0.2) is 0 Å². The Hall–Kier alpha value is -1.39. The molecule has 4 nitrogen and oxygen atoms in total. The zero-order valence-electron chi connectivity index (χ0n) is 12.3. The first-order chi connectivity index (χ1) is 9.67. The minimum absolute atomic E-state index is 0.0229. The van der Waals surface area contributed by atoms with Gasteiger partial charge in [0.05, 0.1) is 0 Å². The predicted molar refractivity (Wildman–Crippen MR) is 82.4 cm³/mol. The first-order valence-corrected chi connectivity index (χ1v) is 7.48. The first-order valence-electron chi connectivity index (χ1n) is 7.48. The molecule has 0 saturated carbocycles. The summed E-state index contributed by atoms with van der Waals surface area (Å²) in [5.74, 6) is 0.844. The number of benzene rings is 1. The average Bonchev–Trinajstić information content (AvgIpc) is 2.44. The van der Waals surface area contributed by atoms with Crippen LogP contribution in [0.25, 0.3) is 0 Å². The third-order valence-electron chi connectivity index (χ3n) is 3.89. The molecule has 0 aromatic heterocycles. The molecule has 4 heteroatoms. The second-order valence-electron chi connectivity index (χ2n) is 5.74. The summed E-state index contributed by atoms with van der Waals surface area (Å²) in [5.41, 5.74) is 7.50. The zero-order valence-corrected chi connectivity index (χ0v) is 12.3. The van der Waals surface area contributed by atoms with E-state index in [0.29, 0.717) is 13.0 Å². The molecule has 1 aliphatic rings. The Morgan fingerprint density at radius 1 is 1.30 bits per heavy atom. The molecule has 1 aliphatic heterocycles. The lowest BCUT2D eigenvalue weighted by Crippen LogP contribution is -2.32. The van der Waals surface area contributed by atoms with E-state index in [0.717, 1.165) is 18.2 Å². The van der Waals surface area contributed by atoms with Gasteiger partial charge in [-0.15, -0.1) is 0 Å². The second kappa shape index (κ2) is 7.41. The Balaban J connectivity index is 1.83. The zero-order chi connectivity index (χ0) is 14.4. The average molecular weight is 275 g/mol. The van der Waals surface area contributed by atoms with E-state index < -0.39 is 0 Å². The number of amides is 1. The molecule has 2 rings (SSSR count). The summed E-state index contributed by atoms with van der Waals surface area (Å²) in [6.07, 6.45) is 2.97. The molecule has 0 unspecified atom stereocenters. The summed E-state index contributed by atoms with van der Waals surface area (Å²) in [5, 5.41) is 2.85. The molecular formula is C16H25N3O. The first kappa shape index (κ1) is 15.0. The van der Waals surface area contributed by atoms with Crippen molar-refractivity contribution >= 4 is 11.6 Å². The smallest absolute Gasteiger partial charge is 0.225 e. The monoisotopic (exact) mass is 275 g/mol. The highest BCUT2D eigenvalue weighted by molar-refractivity contribution is 5.90. The van der Waals surface area contributed by atoms with Crippen molar-refractivity contribution in [1.82, 2.24) is 4.90 Å². The highest BCUT2D eigenvalue weighted by atomic mass is 16.1. The van der Waals surface area contributed by atoms with Crippen LogP contribution in [0.5, 0.6) is 0 Å². The van der Waals surface area contributed by atoms with Gasteiger partial charge in [-0.3, -0.25) is 9.69 Å². The molecule has 0 aliphatic carbocycles. The van der Waals surface area contributed by atoms with Crippen molar-refractivity contribution in [1.29, 1.82) is 0 Å². The fourth-order valence-electron chi connectivity index (χ4n) is 2.53. The number of likely N-dealkylation sites (tertiary alicyclic amines) is 1. The normalized spacial score (nSPS) is 17.1. The van der Waals surface area contributed by atoms with Crippen LogP contribution in [0.2, 0.25) is 0 Å². The summed E-state index contributed by atoms with van der Waals surface area (Å²) in [6.45, 7) is 6.10. The number of anilines is 1. The molecule has 110 valence electrons. The van der Waals surface area contributed by atoms with Crippen LogP contribution in [0.1, 0.15) is 31.7 Å². The van der Waals surface area contributed by atoms with Crippen LogP contribution in [0.15, 0.2) is 24.3 Å². The third kappa shape index (κ3) is 4.62. The molecule has 0 bridgehead atoms. The van der Waals surface area contributed by atoms with Crippen molar-refractivity contribution in [2.24, 2.45) is 11.7 Å². The van der Waals surface area contributed by atoms with Gasteiger partial charge in [0.15, 0.2) is 0 Å². The van der Waals surface area contributed by atoms with Crippen LogP contribution in [-0.2, 0) is 11.3 Å². The van der Waals surface area contributed by atoms with Gasteiger partial charge in [0, 0.05) is 25.2 Å². The van der Waals surface area contributed by atoms with Crippen LogP contribution >= 0.6 is 0 Å². The largest absolute Gasteiger partial charge is 0.330 e. The molecule has 1 fully saturated rings. The Bertz CT molecular complexity index is 422. The molecule has 0 radical (unpaired) electrons. The molecule has 20 heavy (non-hydrogen) atoms. The number of nitrogens with one attached hydrogen (secondary N) is 1. The van der Waals surface area contributed by atoms with E-state index in [1.54, 1.807) is 0 Å². The standard InChI is InChI=1S/C16H25N3O/c1-13-7-10-19(11-8-13)12-14-2-4-15(5-3-14)18-16(20)6-9-17/h2-5,13H,6-12,17H2,1H3,(H,18,20). The molecular weight excluding hydrogens is 250 g/mol. The van der Waals surface area contributed by atoms with Crippen LogP contribution in [0.3, 0.4) is 0 Å². The molecule has 0 atom stereocenters. The maximum absolute atomic E-state index is 11.4. The summed E-state index contributed by atoms with van der Waals surface area (Å²) in [6, 6.07) is 8.12. The van der Waals surface area contributed by atoms with E-state index in [-0.39, 0.29) is 5.91 Å². The van der Waals surface area contributed by atoms with Crippen LogP contribution in [-0.4, -0.2) is 30.4 Å². The number of carbonyl (C=O) groups is 1. The van der Waals surface area contributed by atoms with Crippen LogP contribution in [0, 0.1) is 5.92 Å². The number of hydrogen-bond acceptors (Lipinski definition) is 3. The van der Waals surface area contributed by atoms with Gasteiger partial charge in [0.25, 0.3) is 0 Å².